The summed E-state index contributed by atoms with van der Waals surface area (Å²) < 4.78 is 0. The number of rotatable bonds is 5. The van der Waals surface area contributed by atoms with Gasteiger partial charge in [0.1, 0.15) is 17.5 Å². The van der Waals surface area contributed by atoms with Gasteiger partial charge in [-0.15, -0.1) is 0 Å². The smallest absolute Gasteiger partial charge is 0.247 e. The van der Waals surface area contributed by atoms with Crippen molar-refractivity contribution in [3.8, 4) is 0 Å². The van der Waals surface area contributed by atoms with E-state index in [2.05, 4.69) is 25.3 Å². The summed E-state index contributed by atoms with van der Waals surface area (Å²) in [4.78, 5) is 32.1. The summed E-state index contributed by atoms with van der Waals surface area (Å²) >= 11 is 0. The third-order valence-corrected chi connectivity index (χ3v) is 4.76. The molecule has 4 heterocycles. The van der Waals surface area contributed by atoms with Crippen LogP contribution in [0.3, 0.4) is 0 Å². The van der Waals surface area contributed by atoms with Crippen LogP contribution in [-0.4, -0.2) is 37.3 Å². The van der Waals surface area contributed by atoms with Crippen LogP contribution in [0.1, 0.15) is 36.0 Å². The van der Waals surface area contributed by atoms with E-state index in [1.54, 1.807) is 30.7 Å². The second kappa shape index (κ2) is 8.60. The largest absolute Gasteiger partial charge is 0.331 e. The maximum atomic E-state index is 12.8. The van der Waals surface area contributed by atoms with E-state index in [1.807, 2.05) is 48.2 Å². The highest BCUT2D eigenvalue weighted by Crippen LogP contribution is 2.32. The van der Waals surface area contributed by atoms with Gasteiger partial charge in [-0.2, -0.15) is 0 Å². The molecule has 3 aromatic rings. The molecule has 0 spiro atoms. The lowest BCUT2D eigenvalue weighted by Gasteiger charge is -2.23. The van der Waals surface area contributed by atoms with Crippen molar-refractivity contribution < 1.29 is 4.79 Å². The molecule has 1 fully saturated rings. The number of amides is 1. The minimum Gasteiger partial charge on any atom is -0.331 e. The van der Waals surface area contributed by atoms with Crippen molar-refractivity contribution in [1.29, 1.82) is 0 Å². The first-order valence-electron chi connectivity index (χ1n) is 9.61. The first-order chi connectivity index (χ1) is 14.2. The van der Waals surface area contributed by atoms with Gasteiger partial charge >= 0.3 is 0 Å². The quantitative estimate of drug-likeness (QED) is 0.673. The molecule has 0 aliphatic carbocycles. The maximum absolute atomic E-state index is 12.8. The lowest BCUT2D eigenvalue weighted by molar-refractivity contribution is -0.126. The van der Waals surface area contributed by atoms with Crippen molar-refractivity contribution >= 4 is 23.6 Å². The Morgan fingerprint density at radius 3 is 2.90 bits per heavy atom. The Labute approximate surface area is 169 Å². The number of carbonyl (C=O) groups is 1. The van der Waals surface area contributed by atoms with Crippen LogP contribution in [0.25, 0.3) is 6.08 Å². The van der Waals surface area contributed by atoms with Crippen LogP contribution in [0.2, 0.25) is 0 Å². The number of likely N-dealkylation sites (tertiary alicyclic amines) is 1. The first kappa shape index (κ1) is 18.7. The highest BCUT2D eigenvalue weighted by atomic mass is 16.2. The number of aromatic nitrogens is 4. The number of carbonyl (C=O) groups excluding carboxylic acids is 1. The molecular formula is C22H22N6O. The molecule has 0 unspecified atom stereocenters. The van der Waals surface area contributed by atoms with Gasteiger partial charge in [0.25, 0.3) is 0 Å². The van der Waals surface area contributed by atoms with Gasteiger partial charge in [0.2, 0.25) is 5.91 Å². The SMILES string of the molecule is Cc1nc(Nc2ccccn2)cc([C@H]2CCCN2C(=O)/C=C/c2cccnc2)n1. The zero-order valence-corrected chi connectivity index (χ0v) is 16.2. The van der Waals surface area contributed by atoms with Gasteiger partial charge in [0, 0.05) is 37.3 Å². The van der Waals surface area contributed by atoms with Crippen LogP contribution < -0.4 is 5.32 Å². The lowest BCUT2D eigenvalue weighted by Crippen LogP contribution is -2.29. The summed E-state index contributed by atoms with van der Waals surface area (Å²) in [6, 6.07) is 11.3. The van der Waals surface area contributed by atoms with E-state index in [0.29, 0.717) is 18.2 Å². The van der Waals surface area contributed by atoms with E-state index in [-0.39, 0.29) is 11.9 Å². The van der Waals surface area contributed by atoms with E-state index < -0.39 is 0 Å². The fourth-order valence-electron chi connectivity index (χ4n) is 3.47. The molecule has 1 atom stereocenters. The van der Waals surface area contributed by atoms with Gasteiger partial charge in [-0.25, -0.2) is 15.0 Å². The minimum atomic E-state index is -0.0629. The summed E-state index contributed by atoms with van der Waals surface area (Å²) in [7, 11) is 0. The fraction of sp³-hybridized carbons (Fsp3) is 0.227. The molecule has 1 aliphatic rings. The molecule has 0 aromatic carbocycles. The molecular weight excluding hydrogens is 364 g/mol. The predicted octanol–water partition coefficient (Wildman–Crippen LogP) is 3.70. The second-order valence-electron chi connectivity index (χ2n) is 6.87. The molecule has 4 rings (SSSR count). The van der Waals surface area contributed by atoms with Crippen LogP contribution in [0, 0.1) is 6.92 Å². The molecule has 7 nitrogen and oxygen atoms in total. The molecule has 3 aromatic heterocycles. The number of pyridine rings is 2. The van der Waals surface area contributed by atoms with Crippen molar-refractivity contribution in [1.82, 2.24) is 24.8 Å². The predicted molar refractivity (Wildman–Crippen MR) is 111 cm³/mol. The van der Waals surface area contributed by atoms with E-state index in [0.717, 1.165) is 29.9 Å². The summed E-state index contributed by atoms with van der Waals surface area (Å²) in [6.45, 7) is 2.57. The monoisotopic (exact) mass is 386 g/mol. The van der Waals surface area contributed by atoms with Gasteiger partial charge in [-0.05, 0) is 49.6 Å². The molecule has 1 aliphatic heterocycles. The Hall–Kier alpha value is -3.61. The third kappa shape index (κ3) is 4.63. The normalized spacial score (nSPS) is 16.3. The molecule has 1 saturated heterocycles. The van der Waals surface area contributed by atoms with E-state index >= 15 is 0 Å². The Morgan fingerprint density at radius 2 is 2.10 bits per heavy atom. The van der Waals surface area contributed by atoms with Crippen LogP contribution in [0.4, 0.5) is 11.6 Å². The van der Waals surface area contributed by atoms with Crippen molar-refractivity contribution in [2.24, 2.45) is 0 Å². The molecule has 0 saturated carbocycles. The maximum Gasteiger partial charge on any atom is 0.247 e. The molecule has 0 bridgehead atoms. The lowest BCUT2D eigenvalue weighted by atomic mass is 10.1. The number of hydrogen-bond donors (Lipinski definition) is 1. The molecule has 0 radical (unpaired) electrons. The van der Waals surface area contributed by atoms with Crippen LogP contribution in [0.5, 0.6) is 0 Å². The number of aryl methyl sites for hydroxylation is 1. The highest BCUT2D eigenvalue weighted by Gasteiger charge is 2.30. The van der Waals surface area contributed by atoms with Gasteiger partial charge in [-0.1, -0.05) is 12.1 Å². The Morgan fingerprint density at radius 1 is 1.17 bits per heavy atom. The Kier molecular flexibility index (Phi) is 5.56. The number of nitrogens with zero attached hydrogens (tertiary/aromatic N) is 5. The summed E-state index contributed by atoms with van der Waals surface area (Å²) in [6.07, 6.45) is 10.4. The Bertz CT molecular complexity index is 1010. The van der Waals surface area contributed by atoms with Gasteiger partial charge in [0.15, 0.2) is 0 Å². The van der Waals surface area contributed by atoms with Crippen molar-refractivity contribution in [2.45, 2.75) is 25.8 Å². The van der Waals surface area contributed by atoms with E-state index in [1.165, 1.54) is 0 Å². The zero-order chi connectivity index (χ0) is 20.1. The average molecular weight is 386 g/mol. The molecule has 1 amide bonds. The van der Waals surface area contributed by atoms with Gasteiger partial charge in [-0.3, -0.25) is 9.78 Å². The van der Waals surface area contributed by atoms with E-state index in [4.69, 9.17) is 0 Å². The fourth-order valence-corrected chi connectivity index (χ4v) is 3.47. The molecule has 7 heteroatoms. The van der Waals surface area contributed by atoms with Crippen molar-refractivity contribution in [3.05, 3.63) is 78.1 Å². The molecule has 146 valence electrons. The summed E-state index contributed by atoms with van der Waals surface area (Å²) in [5, 5.41) is 3.21. The summed E-state index contributed by atoms with van der Waals surface area (Å²) in [5.74, 6) is 2.03. The molecule has 29 heavy (non-hydrogen) atoms. The van der Waals surface area contributed by atoms with Crippen molar-refractivity contribution in [3.63, 3.8) is 0 Å². The number of nitrogens with one attached hydrogen (secondary N) is 1. The van der Waals surface area contributed by atoms with Crippen LogP contribution in [0.15, 0.2) is 61.1 Å². The number of hydrogen-bond acceptors (Lipinski definition) is 6. The summed E-state index contributed by atoms with van der Waals surface area (Å²) in [5.41, 5.74) is 1.74. The average Bonchev–Trinajstić information content (AvgIpc) is 3.23. The third-order valence-electron chi connectivity index (χ3n) is 4.76. The van der Waals surface area contributed by atoms with Gasteiger partial charge in [0.05, 0.1) is 11.7 Å². The topological polar surface area (TPSA) is 83.9 Å². The van der Waals surface area contributed by atoms with Gasteiger partial charge < -0.3 is 10.2 Å². The van der Waals surface area contributed by atoms with E-state index in [9.17, 15) is 4.79 Å². The standard InChI is InChI=1S/C22H22N6O/c1-16-25-18(14-21(26-16)27-20-8-2-3-12-24-20)19-7-5-13-28(19)22(29)10-9-17-6-4-11-23-15-17/h2-4,6,8-12,14-15,19H,5,7,13H2,1H3,(H,24,25,26,27)/b10-9+/t19-/m1/s1. The Balaban J connectivity index is 1.53. The van der Waals surface area contributed by atoms with Crippen LogP contribution in [-0.2, 0) is 4.79 Å². The second-order valence-corrected chi connectivity index (χ2v) is 6.87. The van der Waals surface area contributed by atoms with Crippen LogP contribution >= 0.6 is 0 Å². The number of anilines is 2. The highest BCUT2D eigenvalue weighted by molar-refractivity contribution is 5.92. The zero-order valence-electron chi connectivity index (χ0n) is 16.2. The molecule has 1 N–H and O–H groups in total. The van der Waals surface area contributed by atoms with Crippen molar-refractivity contribution in [2.75, 3.05) is 11.9 Å². The first-order valence-corrected chi connectivity index (χ1v) is 9.61. The minimum absolute atomic E-state index is 0.0214.